The van der Waals surface area contributed by atoms with Gasteiger partial charge in [0.2, 0.25) is 0 Å². The molecular formula is C11H22N2O. The van der Waals surface area contributed by atoms with Gasteiger partial charge in [-0.25, -0.2) is 0 Å². The second-order valence-corrected chi connectivity index (χ2v) is 4.82. The molecule has 3 nitrogen and oxygen atoms in total. The molecule has 82 valence electrons. The van der Waals surface area contributed by atoms with Crippen LogP contribution in [-0.4, -0.2) is 50.3 Å². The molecule has 0 amide bonds. The normalized spacial score (nSPS) is 40.1. The van der Waals surface area contributed by atoms with E-state index >= 15 is 0 Å². The standard InChI is InChI=1S/C11H22N2O/c1-8(14-3)6-13-7-10-4-12-5-11(10)9(13)2/h8-12H,4-7H2,1-3H3. The van der Waals surface area contributed by atoms with E-state index < -0.39 is 0 Å². The highest BCUT2D eigenvalue weighted by atomic mass is 16.5. The Labute approximate surface area is 86.8 Å². The number of fused-ring (bicyclic) bond motifs is 1. The molecule has 0 aromatic rings. The summed E-state index contributed by atoms with van der Waals surface area (Å²) in [5, 5.41) is 3.48. The van der Waals surface area contributed by atoms with Crippen molar-refractivity contribution >= 4 is 0 Å². The van der Waals surface area contributed by atoms with Gasteiger partial charge in [0, 0.05) is 26.2 Å². The first-order chi connectivity index (χ1) is 6.72. The average Bonchev–Trinajstić information content (AvgIpc) is 2.72. The number of nitrogens with one attached hydrogen (secondary N) is 1. The Morgan fingerprint density at radius 1 is 1.50 bits per heavy atom. The fourth-order valence-electron chi connectivity index (χ4n) is 2.90. The van der Waals surface area contributed by atoms with Gasteiger partial charge in [0.25, 0.3) is 0 Å². The van der Waals surface area contributed by atoms with Crippen molar-refractivity contribution in [2.24, 2.45) is 11.8 Å². The molecule has 2 fully saturated rings. The van der Waals surface area contributed by atoms with Crippen LogP contribution in [0.5, 0.6) is 0 Å². The Balaban J connectivity index is 1.90. The lowest BCUT2D eigenvalue weighted by molar-refractivity contribution is 0.0708. The lowest BCUT2D eigenvalue weighted by atomic mass is 9.95. The fourth-order valence-corrected chi connectivity index (χ4v) is 2.90. The van der Waals surface area contributed by atoms with Crippen LogP contribution in [0.1, 0.15) is 13.8 Å². The van der Waals surface area contributed by atoms with Gasteiger partial charge in [-0.3, -0.25) is 4.90 Å². The van der Waals surface area contributed by atoms with Gasteiger partial charge < -0.3 is 10.1 Å². The first-order valence-electron chi connectivity index (χ1n) is 5.70. The third-order valence-corrected chi connectivity index (χ3v) is 3.95. The van der Waals surface area contributed by atoms with Gasteiger partial charge in [0.15, 0.2) is 0 Å². The lowest BCUT2D eigenvalue weighted by Crippen LogP contribution is -2.38. The van der Waals surface area contributed by atoms with Crippen LogP contribution in [0.15, 0.2) is 0 Å². The second-order valence-electron chi connectivity index (χ2n) is 4.82. The van der Waals surface area contributed by atoms with Gasteiger partial charge in [-0.1, -0.05) is 0 Å². The molecule has 4 atom stereocenters. The molecule has 14 heavy (non-hydrogen) atoms. The van der Waals surface area contributed by atoms with Crippen molar-refractivity contribution in [3.05, 3.63) is 0 Å². The molecular weight excluding hydrogens is 176 g/mol. The van der Waals surface area contributed by atoms with Crippen molar-refractivity contribution in [1.29, 1.82) is 0 Å². The van der Waals surface area contributed by atoms with Crippen LogP contribution in [0.2, 0.25) is 0 Å². The van der Waals surface area contributed by atoms with Crippen molar-refractivity contribution in [2.75, 3.05) is 33.3 Å². The zero-order valence-corrected chi connectivity index (χ0v) is 9.49. The Morgan fingerprint density at radius 2 is 2.29 bits per heavy atom. The highest BCUT2D eigenvalue weighted by Gasteiger charge is 2.41. The Kier molecular flexibility index (Phi) is 3.10. The van der Waals surface area contributed by atoms with Gasteiger partial charge in [0.05, 0.1) is 6.10 Å². The van der Waals surface area contributed by atoms with E-state index in [9.17, 15) is 0 Å². The van der Waals surface area contributed by atoms with E-state index in [0.29, 0.717) is 6.10 Å². The summed E-state index contributed by atoms with van der Waals surface area (Å²) in [6.45, 7) is 9.28. The van der Waals surface area contributed by atoms with Crippen molar-refractivity contribution < 1.29 is 4.74 Å². The second kappa shape index (κ2) is 4.17. The van der Waals surface area contributed by atoms with E-state index in [1.54, 1.807) is 7.11 Å². The van der Waals surface area contributed by atoms with Crippen molar-refractivity contribution in [3.8, 4) is 0 Å². The maximum atomic E-state index is 5.33. The number of likely N-dealkylation sites (tertiary alicyclic amines) is 1. The Morgan fingerprint density at radius 3 is 2.93 bits per heavy atom. The van der Waals surface area contributed by atoms with Gasteiger partial charge in [-0.05, 0) is 38.8 Å². The van der Waals surface area contributed by atoms with Gasteiger partial charge >= 0.3 is 0 Å². The van der Waals surface area contributed by atoms with Crippen LogP contribution in [0.25, 0.3) is 0 Å². The van der Waals surface area contributed by atoms with Crippen LogP contribution in [0.3, 0.4) is 0 Å². The number of hydrogen-bond donors (Lipinski definition) is 1. The minimum Gasteiger partial charge on any atom is -0.380 e. The first kappa shape index (κ1) is 10.4. The first-order valence-corrected chi connectivity index (χ1v) is 5.70. The molecule has 0 aromatic heterocycles. The largest absolute Gasteiger partial charge is 0.380 e. The molecule has 2 saturated heterocycles. The summed E-state index contributed by atoms with van der Waals surface area (Å²) in [6.07, 6.45) is 0.365. The van der Waals surface area contributed by atoms with E-state index in [1.807, 2.05) is 0 Å². The SMILES string of the molecule is COC(C)CN1CC2CNCC2C1C. The minimum absolute atomic E-state index is 0.365. The summed E-state index contributed by atoms with van der Waals surface area (Å²) in [7, 11) is 1.80. The molecule has 3 heteroatoms. The summed E-state index contributed by atoms with van der Waals surface area (Å²) in [4.78, 5) is 2.59. The third-order valence-electron chi connectivity index (χ3n) is 3.95. The van der Waals surface area contributed by atoms with Crippen LogP contribution < -0.4 is 5.32 Å². The van der Waals surface area contributed by atoms with Crippen LogP contribution in [0.4, 0.5) is 0 Å². The lowest BCUT2D eigenvalue weighted by Gasteiger charge is -2.26. The maximum absolute atomic E-state index is 5.33. The number of rotatable bonds is 3. The van der Waals surface area contributed by atoms with E-state index in [4.69, 9.17) is 4.74 Å². The predicted molar refractivity (Wildman–Crippen MR) is 57.4 cm³/mol. The monoisotopic (exact) mass is 198 g/mol. The van der Waals surface area contributed by atoms with E-state index in [0.717, 1.165) is 24.4 Å². The molecule has 0 spiro atoms. The highest BCUT2D eigenvalue weighted by molar-refractivity contribution is 4.96. The average molecular weight is 198 g/mol. The molecule has 0 saturated carbocycles. The minimum atomic E-state index is 0.365. The topological polar surface area (TPSA) is 24.5 Å². The number of nitrogens with zero attached hydrogens (tertiary/aromatic N) is 1. The molecule has 0 aliphatic carbocycles. The summed E-state index contributed by atoms with van der Waals surface area (Å²) in [5.41, 5.74) is 0. The molecule has 2 rings (SSSR count). The molecule has 4 unspecified atom stereocenters. The molecule has 0 aromatic carbocycles. The molecule has 2 heterocycles. The zero-order valence-electron chi connectivity index (χ0n) is 9.49. The summed E-state index contributed by atoms with van der Waals surface area (Å²) >= 11 is 0. The van der Waals surface area contributed by atoms with Gasteiger partial charge in [-0.2, -0.15) is 0 Å². The van der Waals surface area contributed by atoms with Crippen molar-refractivity contribution in [1.82, 2.24) is 10.2 Å². The van der Waals surface area contributed by atoms with Crippen molar-refractivity contribution in [2.45, 2.75) is 26.0 Å². The summed E-state index contributed by atoms with van der Waals surface area (Å²) in [6, 6.07) is 0.729. The van der Waals surface area contributed by atoms with E-state index in [2.05, 4.69) is 24.1 Å². The third kappa shape index (κ3) is 1.81. The smallest absolute Gasteiger partial charge is 0.0670 e. The highest BCUT2D eigenvalue weighted by Crippen LogP contribution is 2.32. The summed E-state index contributed by atoms with van der Waals surface area (Å²) < 4.78 is 5.33. The molecule has 2 aliphatic heterocycles. The fraction of sp³-hybridized carbons (Fsp3) is 1.00. The van der Waals surface area contributed by atoms with Crippen molar-refractivity contribution in [3.63, 3.8) is 0 Å². The molecule has 1 N–H and O–H groups in total. The van der Waals surface area contributed by atoms with Gasteiger partial charge in [-0.15, -0.1) is 0 Å². The molecule has 0 radical (unpaired) electrons. The number of ether oxygens (including phenoxy) is 1. The maximum Gasteiger partial charge on any atom is 0.0670 e. The Bertz CT molecular complexity index is 196. The molecule has 0 bridgehead atoms. The van der Waals surface area contributed by atoms with E-state index in [1.165, 1.54) is 19.6 Å². The molecule has 2 aliphatic rings. The van der Waals surface area contributed by atoms with Crippen LogP contribution in [-0.2, 0) is 4.74 Å². The zero-order chi connectivity index (χ0) is 10.1. The number of hydrogen-bond acceptors (Lipinski definition) is 3. The van der Waals surface area contributed by atoms with Crippen LogP contribution in [0, 0.1) is 11.8 Å². The van der Waals surface area contributed by atoms with Gasteiger partial charge in [0.1, 0.15) is 0 Å². The quantitative estimate of drug-likeness (QED) is 0.717. The van der Waals surface area contributed by atoms with Crippen LogP contribution >= 0.6 is 0 Å². The number of methoxy groups -OCH3 is 1. The summed E-state index contributed by atoms with van der Waals surface area (Å²) in [5.74, 6) is 1.76. The van der Waals surface area contributed by atoms with E-state index in [-0.39, 0.29) is 0 Å². The Hall–Kier alpha value is -0.120. The predicted octanol–water partition coefficient (Wildman–Crippen LogP) is 0.561.